The van der Waals surface area contributed by atoms with E-state index in [1.54, 1.807) is 0 Å². The van der Waals surface area contributed by atoms with Gasteiger partial charge in [-0.2, -0.15) is 0 Å². The standard InChI is InChI=1S/C48H32/c1-3-29-19-21-41-39-23-24-42(39)48(27-45(41)33(29)4-2)38-18-10-13-32-25-43-31(26-44(32)38)12-9-17-37(43)47-28-46-34-14-6-5-11-30(34)20-22-40(46)35-15-7-8-16-36(35)47/h3-22,25-28H,1-2,23-24H2. The molecule has 0 aliphatic heterocycles. The van der Waals surface area contributed by atoms with Crippen LogP contribution < -0.4 is 0 Å². The fraction of sp³-hybridized carbons (Fsp3) is 0.0417. The zero-order valence-corrected chi connectivity index (χ0v) is 26.7. The van der Waals surface area contributed by atoms with E-state index in [0.29, 0.717) is 0 Å². The van der Waals surface area contributed by atoms with Gasteiger partial charge in [0.05, 0.1) is 0 Å². The second kappa shape index (κ2) is 10.3. The van der Waals surface area contributed by atoms with Crippen LogP contribution in [-0.4, -0.2) is 0 Å². The number of rotatable bonds is 4. The first-order valence-electron chi connectivity index (χ1n) is 16.9. The zero-order chi connectivity index (χ0) is 31.9. The number of fused-ring (bicyclic) bond motifs is 10. The molecule has 0 atom stereocenters. The average molecular weight is 609 g/mol. The molecule has 0 saturated heterocycles. The van der Waals surface area contributed by atoms with E-state index in [-0.39, 0.29) is 0 Å². The van der Waals surface area contributed by atoms with Gasteiger partial charge in [0, 0.05) is 0 Å². The number of hydrogen-bond donors (Lipinski definition) is 0. The van der Waals surface area contributed by atoms with E-state index in [1.807, 2.05) is 12.2 Å². The molecular weight excluding hydrogens is 577 g/mol. The van der Waals surface area contributed by atoms with Gasteiger partial charge in [-0.3, -0.25) is 0 Å². The summed E-state index contributed by atoms with van der Waals surface area (Å²) in [4.78, 5) is 0. The molecule has 0 nitrogen and oxygen atoms in total. The van der Waals surface area contributed by atoms with E-state index in [9.17, 15) is 0 Å². The molecule has 1 aliphatic carbocycles. The first kappa shape index (κ1) is 27.2. The van der Waals surface area contributed by atoms with Crippen LogP contribution in [0.1, 0.15) is 22.3 Å². The summed E-state index contributed by atoms with van der Waals surface area (Å²) in [7, 11) is 0. The summed E-state index contributed by atoms with van der Waals surface area (Å²) in [6.07, 6.45) is 6.17. The molecule has 0 spiro atoms. The van der Waals surface area contributed by atoms with Crippen molar-refractivity contribution in [2.75, 3.05) is 0 Å². The molecule has 1 aliphatic rings. The van der Waals surface area contributed by atoms with Gasteiger partial charge >= 0.3 is 0 Å². The highest BCUT2D eigenvalue weighted by molar-refractivity contribution is 6.22. The minimum Gasteiger partial charge on any atom is -0.0984 e. The van der Waals surface area contributed by atoms with Gasteiger partial charge in [0.25, 0.3) is 0 Å². The highest BCUT2D eigenvalue weighted by Crippen LogP contribution is 2.45. The SMILES string of the molecule is C=Cc1ccc2c3c(c(-c4cccc5cc6c(-c7cc8c9ccccc9ccc8c8ccccc78)cccc6cc45)cc2c1C=C)CC3. The molecule has 0 heteroatoms. The van der Waals surface area contributed by atoms with Crippen LogP contribution in [-0.2, 0) is 12.8 Å². The van der Waals surface area contributed by atoms with E-state index >= 15 is 0 Å². The molecule has 0 N–H and O–H groups in total. The van der Waals surface area contributed by atoms with Crippen molar-refractivity contribution in [3.05, 3.63) is 169 Å². The monoisotopic (exact) mass is 608 g/mol. The molecule has 48 heavy (non-hydrogen) atoms. The molecule has 0 heterocycles. The van der Waals surface area contributed by atoms with Crippen LogP contribution in [0.5, 0.6) is 0 Å². The average Bonchev–Trinajstić information content (AvgIpc) is 3.12. The third-order valence-electron chi connectivity index (χ3n) is 10.9. The normalized spacial score (nSPS) is 12.6. The van der Waals surface area contributed by atoms with E-state index in [4.69, 9.17) is 0 Å². The van der Waals surface area contributed by atoms with Gasteiger partial charge in [0.2, 0.25) is 0 Å². The van der Waals surface area contributed by atoms with Crippen molar-refractivity contribution >= 4 is 76.8 Å². The van der Waals surface area contributed by atoms with Crippen LogP contribution in [0.2, 0.25) is 0 Å². The van der Waals surface area contributed by atoms with E-state index in [0.717, 1.165) is 18.4 Å². The van der Waals surface area contributed by atoms with Crippen molar-refractivity contribution in [2.45, 2.75) is 12.8 Å². The van der Waals surface area contributed by atoms with E-state index in [1.165, 1.54) is 104 Å². The Hall–Kier alpha value is -5.98. The van der Waals surface area contributed by atoms with Crippen LogP contribution >= 0.6 is 0 Å². The number of benzene rings is 9. The summed E-state index contributed by atoms with van der Waals surface area (Å²) in [5.41, 5.74) is 10.5. The van der Waals surface area contributed by atoms with Gasteiger partial charge in [-0.1, -0.05) is 135 Å². The summed E-state index contributed by atoms with van der Waals surface area (Å²) in [6.45, 7) is 8.26. The van der Waals surface area contributed by atoms with Gasteiger partial charge in [0.15, 0.2) is 0 Å². The Morgan fingerprint density at radius 1 is 0.354 bits per heavy atom. The lowest BCUT2D eigenvalue weighted by Crippen LogP contribution is -2.11. The van der Waals surface area contributed by atoms with Gasteiger partial charge in [0.1, 0.15) is 0 Å². The topological polar surface area (TPSA) is 0 Å². The van der Waals surface area contributed by atoms with Crippen molar-refractivity contribution in [2.24, 2.45) is 0 Å². The van der Waals surface area contributed by atoms with E-state index in [2.05, 4.69) is 147 Å². The van der Waals surface area contributed by atoms with E-state index < -0.39 is 0 Å². The Kier molecular flexibility index (Phi) is 5.81. The van der Waals surface area contributed by atoms with Crippen LogP contribution in [0, 0.1) is 0 Å². The highest BCUT2D eigenvalue weighted by Gasteiger charge is 2.24. The highest BCUT2D eigenvalue weighted by atomic mass is 14.3. The lowest BCUT2D eigenvalue weighted by atomic mass is 9.77. The summed E-state index contributed by atoms with van der Waals surface area (Å²) < 4.78 is 0. The van der Waals surface area contributed by atoms with Crippen LogP contribution in [0.3, 0.4) is 0 Å². The van der Waals surface area contributed by atoms with Crippen molar-refractivity contribution in [1.29, 1.82) is 0 Å². The lowest BCUT2D eigenvalue weighted by molar-refractivity contribution is 0.855. The minimum absolute atomic E-state index is 1.12. The molecule has 0 fully saturated rings. The Balaban J connectivity index is 1.24. The first-order valence-corrected chi connectivity index (χ1v) is 16.9. The largest absolute Gasteiger partial charge is 0.0984 e. The molecule has 0 aromatic heterocycles. The molecule has 9 aromatic carbocycles. The number of aryl methyl sites for hydroxylation is 1. The van der Waals surface area contributed by atoms with Gasteiger partial charge < -0.3 is 0 Å². The summed E-state index contributed by atoms with van der Waals surface area (Å²) >= 11 is 0. The van der Waals surface area contributed by atoms with Crippen LogP contribution in [0.15, 0.2) is 147 Å². The maximum atomic E-state index is 4.18. The van der Waals surface area contributed by atoms with Crippen molar-refractivity contribution in [3.8, 4) is 22.3 Å². The molecule has 0 amide bonds. The lowest BCUT2D eigenvalue weighted by Gasteiger charge is -2.27. The molecule has 0 radical (unpaired) electrons. The molecular formula is C48H32. The summed E-state index contributed by atoms with van der Waals surface area (Å²) in [5, 5.41) is 15.5. The van der Waals surface area contributed by atoms with Gasteiger partial charge in [-0.15, -0.1) is 0 Å². The van der Waals surface area contributed by atoms with Crippen molar-refractivity contribution < 1.29 is 0 Å². The van der Waals surface area contributed by atoms with Crippen LogP contribution in [0.4, 0.5) is 0 Å². The third-order valence-corrected chi connectivity index (χ3v) is 10.9. The first-order chi connectivity index (χ1) is 23.7. The predicted octanol–water partition coefficient (Wildman–Crippen LogP) is 13.3. The molecule has 0 unspecified atom stereocenters. The maximum absolute atomic E-state index is 4.18. The van der Waals surface area contributed by atoms with Crippen molar-refractivity contribution in [1.82, 2.24) is 0 Å². The van der Waals surface area contributed by atoms with Gasteiger partial charge in [-0.05, 0) is 146 Å². The second-order valence-electron chi connectivity index (χ2n) is 13.2. The molecule has 0 saturated carbocycles. The van der Waals surface area contributed by atoms with Gasteiger partial charge in [-0.25, -0.2) is 0 Å². The molecule has 224 valence electrons. The summed E-state index contributed by atoms with van der Waals surface area (Å²) in [6, 6.07) is 50.0. The van der Waals surface area contributed by atoms with Crippen molar-refractivity contribution in [3.63, 3.8) is 0 Å². The second-order valence-corrected chi connectivity index (χ2v) is 13.2. The third kappa shape index (κ3) is 3.78. The Labute approximate surface area is 279 Å². The Bertz CT molecular complexity index is 2860. The van der Waals surface area contributed by atoms with Crippen LogP contribution in [0.25, 0.3) is 99.0 Å². The predicted molar refractivity (Wildman–Crippen MR) is 210 cm³/mol. The molecule has 0 bridgehead atoms. The molecule has 10 rings (SSSR count). The summed E-state index contributed by atoms with van der Waals surface area (Å²) in [5.74, 6) is 0. The minimum atomic E-state index is 1.12. The Morgan fingerprint density at radius 2 is 0.958 bits per heavy atom. The number of hydrogen-bond acceptors (Lipinski definition) is 0. The molecule has 9 aromatic rings. The maximum Gasteiger partial charge on any atom is -0.00926 e. The fourth-order valence-electron chi connectivity index (χ4n) is 8.52. The Morgan fingerprint density at radius 3 is 1.67 bits per heavy atom. The fourth-order valence-corrected chi connectivity index (χ4v) is 8.52. The zero-order valence-electron chi connectivity index (χ0n) is 26.7. The quantitative estimate of drug-likeness (QED) is 0.138. The smallest absolute Gasteiger partial charge is 0.00926 e.